The van der Waals surface area contributed by atoms with E-state index in [4.69, 9.17) is 5.26 Å². The average molecular weight is 197 g/mol. The van der Waals surface area contributed by atoms with Gasteiger partial charge in [0.2, 0.25) is 0 Å². The lowest BCUT2D eigenvalue weighted by Crippen LogP contribution is -1.90. The van der Waals surface area contributed by atoms with Gasteiger partial charge >= 0.3 is 0 Å². The maximum absolute atomic E-state index is 9.01. The molecule has 1 aromatic carbocycles. The third kappa shape index (κ3) is 1.62. The molecule has 1 heterocycles. The summed E-state index contributed by atoms with van der Waals surface area (Å²) in [4.78, 5) is 4.24. The summed E-state index contributed by atoms with van der Waals surface area (Å²) in [7, 11) is 1.82. The molecule has 0 radical (unpaired) electrons. The maximum atomic E-state index is 9.01. The zero-order valence-corrected chi connectivity index (χ0v) is 8.73. The smallest absolute Gasteiger partial charge is 0.147 e. The zero-order chi connectivity index (χ0) is 10.8. The number of hydrogen-bond donors (Lipinski definition) is 0. The Morgan fingerprint density at radius 3 is 2.87 bits per heavy atom. The molecule has 3 nitrogen and oxygen atoms in total. The molecule has 0 aliphatic carbocycles. The molecule has 0 fully saturated rings. The van der Waals surface area contributed by atoms with Crippen LogP contribution in [0.2, 0.25) is 0 Å². The lowest BCUT2D eigenvalue weighted by molar-refractivity contribution is 0.897. The standard InChI is InChI=1S/C12H11N3/c1-9-4-3-5-10(6-9)12-11(7-13)15(2)8-14-12/h3-6,8H,1-2H3. The minimum atomic E-state index is 0.598. The zero-order valence-electron chi connectivity index (χ0n) is 8.73. The molecule has 3 heteroatoms. The highest BCUT2D eigenvalue weighted by Crippen LogP contribution is 2.21. The second-order valence-corrected chi connectivity index (χ2v) is 3.53. The minimum Gasteiger partial charge on any atom is -0.325 e. The van der Waals surface area contributed by atoms with E-state index in [1.165, 1.54) is 5.56 Å². The molecule has 0 atom stereocenters. The molecule has 0 spiro atoms. The van der Waals surface area contributed by atoms with E-state index in [-0.39, 0.29) is 0 Å². The van der Waals surface area contributed by atoms with Crippen molar-refractivity contribution in [2.45, 2.75) is 6.92 Å². The van der Waals surface area contributed by atoms with Gasteiger partial charge in [0.15, 0.2) is 0 Å². The number of hydrogen-bond acceptors (Lipinski definition) is 2. The van der Waals surface area contributed by atoms with Crippen LogP contribution in [0, 0.1) is 18.3 Å². The van der Waals surface area contributed by atoms with Gasteiger partial charge in [-0.05, 0) is 13.0 Å². The fourth-order valence-corrected chi connectivity index (χ4v) is 1.57. The molecule has 2 aromatic rings. The highest BCUT2D eigenvalue weighted by atomic mass is 15.0. The van der Waals surface area contributed by atoms with Crippen molar-refractivity contribution < 1.29 is 0 Å². The highest BCUT2D eigenvalue weighted by molar-refractivity contribution is 5.65. The highest BCUT2D eigenvalue weighted by Gasteiger charge is 2.09. The molecular weight excluding hydrogens is 186 g/mol. The second kappa shape index (κ2) is 3.58. The van der Waals surface area contributed by atoms with E-state index in [2.05, 4.69) is 11.1 Å². The summed E-state index contributed by atoms with van der Waals surface area (Å²) in [5, 5.41) is 9.01. The van der Waals surface area contributed by atoms with Gasteiger partial charge < -0.3 is 4.57 Å². The van der Waals surface area contributed by atoms with Crippen LogP contribution in [0.5, 0.6) is 0 Å². The fourth-order valence-electron chi connectivity index (χ4n) is 1.57. The predicted molar refractivity (Wildman–Crippen MR) is 58.1 cm³/mol. The first-order valence-electron chi connectivity index (χ1n) is 4.71. The molecule has 0 saturated heterocycles. The van der Waals surface area contributed by atoms with Gasteiger partial charge in [0.25, 0.3) is 0 Å². The minimum absolute atomic E-state index is 0.598. The molecule has 74 valence electrons. The van der Waals surface area contributed by atoms with E-state index in [1.807, 2.05) is 38.2 Å². The van der Waals surface area contributed by atoms with Crippen molar-refractivity contribution in [3.8, 4) is 17.3 Å². The van der Waals surface area contributed by atoms with Gasteiger partial charge in [-0.3, -0.25) is 0 Å². The van der Waals surface area contributed by atoms with Crippen molar-refractivity contribution in [3.05, 3.63) is 41.9 Å². The maximum Gasteiger partial charge on any atom is 0.147 e. The molecule has 0 N–H and O–H groups in total. The van der Waals surface area contributed by atoms with Crippen LogP contribution in [0.1, 0.15) is 11.3 Å². The van der Waals surface area contributed by atoms with Gasteiger partial charge in [0.1, 0.15) is 17.5 Å². The monoisotopic (exact) mass is 197 g/mol. The van der Waals surface area contributed by atoms with Gasteiger partial charge in [-0.25, -0.2) is 4.98 Å². The fraction of sp³-hybridized carbons (Fsp3) is 0.167. The first-order chi connectivity index (χ1) is 7.22. The number of aromatic nitrogens is 2. The molecule has 0 unspecified atom stereocenters. The Morgan fingerprint density at radius 2 is 2.20 bits per heavy atom. The summed E-state index contributed by atoms with van der Waals surface area (Å²) >= 11 is 0. The Labute approximate surface area is 88.6 Å². The summed E-state index contributed by atoms with van der Waals surface area (Å²) < 4.78 is 1.73. The van der Waals surface area contributed by atoms with E-state index < -0.39 is 0 Å². The van der Waals surface area contributed by atoms with E-state index in [0.29, 0.717) is 5.69 Å². The Hall–Kier alpha value is -2.08. The average Bonchev–Trinajstić information content (AvgIpc) is 2.59. The lowest BCUT2D eigenvalue weighted by atomic mass is 10.1. The number of nitriles is 1. The topological polar surface area (TPSA) is 41.6 Å². The van der Waals surface area contributed by atoms with Crippen molar-refractivity contribution in [3.63, 3.8) is 0 Å². The van der Waals surface area contributed by atoms with Crippen molar-refractivity contribution in [1.29, 1.82) is 5.26 Å². The first kappa shape index (κ1) is 9.47. The molecule has 0 amide bonds. The van der Waals surface area contributed by atoms with Crippen LogP contribution in [0.15, 0.2) is 30.6 Å². The van der Waals surface area contributed by atoms with Crippen LogP contribution in [-0.2, 0) is 7.05 Å². The molecule has 15 heavy (non-hydrogen) atoms. The molecule has 0 aliphatic heterocycles. The molecule has 0 aliphatic rings. The van der Waals surface area contributed by atoms with Crippen molar-refractivity contribution in [2.75, 3.05) is 0 Å². The third-order valence-corrected chi connectivity index (χ3v) is 2.33. The molecule has 0 saturated carbocycles. The van der Waals surface area contributed by atoms with Crippen molar-refractivity contribution >= 4 is 0 Å². The lowest BCUT2D eigenvalue weighted by Gasteiger charge is -1.99. The van der Waals surface area contributed by atoms with Gasteiger partial charge in [-0.2, -0.15) is 5.26 Å². The van der Waals surface area contributed by atoms with Crippen LogP contribution >= 0.6 is 0 Å². The van der Waals surface area contributed by atoms with E-state index in [1.54, 1.807) is 10.9 Å². The third-order valence-electron chi connectivity index (χ3n) is 2.33. The van der Waals surface area contributed by atoms with Crippen molar-refractivity contribution in [1.82, 2.24) is 9.55 Å². The van der Waals surface area contributed by atoms with Gasteiger partial charge in [-0.1, -0.05) is 23.8 Å². The first-order valence-corrected chi connectivity index (χ1v) is 4.71. The van der Waals surface area contributed by atoms with Crippen LogP contribution < -0.4 is 0 Å². The number of aryl methyl sites for hydroxylation is 2. The molecule has 2 rings (SSSR count). The molecule has 1 aromatic heterocycles. The van der Waals surface area contributed by atoms with Crippen LogP contribution in [0.4, 0.5) is 0 Å². The number of rotatable bonds is 1. The molecular formula is C12H11N3. The quantitative estimate of drug-likeness (QED) is 0.703. The van der Waals surface area contributed by atoms with Crippen LogP contribution in [-0.4, -0.2) is 9.55 Å². The molecule has 0 bridgehead atoms. The SMILES string of the molecule is Cc1cccc(-c2ncn(C)c2C#N)c1. The summed E-state index contributed by atoms with van der Waals surface area (Å²) in [5.41, 5.74) is 3.51. The van der Waals surface area contributed by atoms with E-state index in [0.717, 1.165) is 11.3 Å². The summed E-state index contributed by atoms with van der Waals surface area (Å²) in [5.74, 6) is 0. The van der Waals surface area contributed by atoms with Crippen molar-refractivity contribution in [2.24, 2.45) is 7.05 Å². The normalized spacial score (nSPS) is 9.93. The largest absolute Gasteiger partial charge is 0.325 e. The van der Waals surface area contributed by atoms with Crippen LogP contribution in [0.25, 0.3) is 11.3 Å². The van der Waals surface area contributed by atoms with E-state index in [9.17, 15) is 0 Å². The van der Waals surface area contributed by atoms with E-state index >= 15 is 0 Å². The summed E-state index contributed by atoms with van der Waals surface area (Å²) in [6, 6.07) is 10.2. The summed E-state index contributed by atoms with van der Waals surface area (Å²) in [6.45, 7) is 2.03. The second-order valence-electron chi connectivity index (χ2n) is 3.53. The van der Waals surface area contributed by atoms with Gasteiger partial charge in [-0.15, -0.1) is 0 Å². The van der Waals surface area contributed by atoms with Gasteiger partial charge in [0.05, 0.1) is 6.33 Å². The number of imidazole rings is 1. The Kier molecular flexibility index (Phi) is 2.26. The Morgan fingerprint density at radius 1 is 1.40 bits per heavy atom. The number of benzene rings is 1. The van der Waals surface area contributed by atoms with Gasteiger partial charge in [0, 0.05) is 12.6 Å². The summed E-state index contributed by atoms with van der Waals surface area (Å²) in [6.07, 6.45) is 1.66. The number of nitrogens with zero attached hydrogens (tertiary/aromatic N) is 3. The van der Waals surface area contributed by atoms with Crippen LogP contribution in [0.3, 0.4) is 0 Å². The predicted octanol–water partition coefficient (Wildman–Crippen LogP) is 2.27. The Balaban J connectivity index is 2.60. The Bertz CT molecular complexity index is 532.